The van der Waals surface area contributed by atoms with Crippen molar-refractivity contribution in [1.82, 2.24) is 9.55 Å². The summed E-state index contributed by atoms with van der Waals surface area (Å²) in [6.45, 7) is 4.05. The van der Waals surface area contributed by atoms with Crippen LogP contribution in [0.5, 0.6) is 0 Å². The number of para-hydroxylation sites is 1. The van der Waals surface area contributed by atoms with Gasteiger partial charge in [0.15, 0.2) is 6.23 Å². The number of ether oxygens (including phenoxy) is 1. The van der Waals surface area contributed by atoms with E-state index in [1.807, 2.05) is 18.2 Å². The number of aliphatic hydroxyl groups excluding tert-OH is 3. The van der Waals surface area contributed by atoms with Crippen LogP contribution in [0.1, 0.15) is 31.6 Å². The van der Waals surface area contributed by atoms with E-state index in [-0.39, 0.29) is 18.5 Å². The predicted molar refractivity (Wildman–Crippen MR) is 81.2 cm³/mol. The maximum absolute atomic E-state index is 10.2. The molecule has 0 unspecified atom stereocenters. The molecule has 1 saturated heterocycles. The molecule has 120 valence electrons. The lowest BCUT2D eigenvalue weighted by Gasteiger charge is -2.36. The highest BCUT2D eigenvalue weighted by molar-refractivity contribution is 5.82. The monoisotopic (exact) mass is 307 g/mol. The Kier molecular flexibility index (Phi) is 3.82. The summed E-state index contributed by atoms with van der Waals surface area (Å²) in [4.78, 5) is 4.39. The first-order valence-corrected chi connectivity index (χ1v) is 7.34. The normalized spacial score (nSPS) is 29.4. The molecule has 7 heteroatoms. The van der Waals surface area contributed by atoms with Gasteiger partial charge >= 0.3 is 0 Å². The molecule has 7 nitrogen and oxygen atoms in total. The van der Waals surface area contributed by atoms with Crippen molar-refractivity contribution in [2.45, 2.75) is 44.3 Å². The number of nitrogen functional groups attached to an aromatic ring is 1. The second-order valence-electron chi connectivity index (χ2n) is 5.98. The van der Waals surface area contributed by atoms with E-state index in [1.165, 1.54) is 0 Å². The van der Waals surface area contributed by atoms with Crippen molar-refractivity contribution in [1.29, 1.82) is 0 Å². The highest BCUT2D eigenvalue weighted by Gasteiger charge is 2.40. The predicted octanol–water partition coefficient (Wildman–Crippen LogP) is 0.353. The summed E-state index contributed by atoms with van der Waals surface area (Å²) in [5.41, 5.74) is 8.55. The number of imidazole rings is 1. The molecule has 1 aliphatic rings. The molecule has 2 heterocycles. The molecule has 0 radical (unpaired) electrons. The van der Waals surface area contributed by atoms with Crippen LogP contribution < -0.4 is 5.73 Å². The van der Waals surface area contributed by atoms with Crippen molar-refractivity contribution in [2.75, 3.05) is 12.3 Å². The molecule has 0 amide bonds. The van der Waals surface area contributed by atoms with Crippen LogP contribution in [0.15, 0.2) is 18.2 Å². The molecule has 1 fully saturated rings. The van der Waals surface area contributed by atoms with Crippen molar-refractivity contribution >= 4 is 17.0 Å². The summed E-state index contributed by atoms with van der Waals surface area (Å²) >= 11 is 0. The molecule has 1 aliphatic heterocycles. The van der Waals surface area contributed by atoms with Crippen molar-refractivity contribution in [2.24, 2.45) is 0 Å². The Hall–Kier alpha value is -1.67. The first kappa shape index (κ1) is 15.2. The van der Waals surface area contributed by atoms with Crippen molar-refractivity contribution in [3.63, 3.8) is 0 Å². The number of rotatable bonds is 2. The average Bonchev–Trinajstić information content (AvgIpc) is 2.81. The minimum absolute atomic E-state index is 0.0775. The van der Waals surface area contributed by atoms with Crippen LogP contribution in [0, 0.1) is 0 Å². The van der Waals surface area contributed by atoms with E-state index in [4.69, 9.17) is 10.5 Å². The van der Waals surface area contributed by atoms with Crippen LogP contribution in [0.25, 0.3) is 11.0 Å². The molecule has 0 bridgehead atoms. The summed E-state index contributed by atoms with van der Waals surface area (Å²) in [6, 6.07) is 5.73. The highest BCUT2D eigenvalue weighted by Crippen LogP contribution is 2.33. The van der Waals surface area contributed by atoms with E-state index < -0.39 is 24.5 Å². The van der Waals surface area contributed by atoms with E-state index in [1.54, 1.807) is 4.57 Å². The Bertz CT molecular complexity index is 685. The van der Waals surface area contributed by atoms with Gasteiger partial charge in [-0.15, -0.1) is 0 Å². The molecule has 0 spiro atoms. The van der Waals surface area contributed by atoms with Gasteiger partial charge < -0.3 is 25.8 Å². The van der Waals surface area contributed by atoms with Crippen LogP contribution in [0.2, 0.25) is 0 Å². The van der Waals surface area contributed by atoms with Gasteiger partial charge in [-0.1, -0.05) is 26.0 Å². The molecule has 0 saturated carbocycles. The fourth-order valence-corrected chi connectivity index (χ4v) is 2.91. The average molecular weight is 307 g/mol. The van der Waals surface area contributed by atoms with Gasteiger partial charge in [0.05, 0.1) is 17.6 Å². The number of anilines is 1. The molecule has 3 rings (SSSR count). The number of nitrogens with two attached hydrogens (primary N) is 1. The number of fused-ring (bicyclic) bond motifs is 1. The van der Waals surface area contributed by atoms with Crippen LogP contribution in [-0.2, 0) is 4.74 Å². The number of nitrogens with zero attached hydrogens (tertiary/aromatic N) is 2. The second-order valence-corrected chi connectivity index (χ2v) is 5.98. The number of aliphatic hydroxyl groups is 3. The van der Waals surface area contributed by atoms with Crippen molar-refractivity contribution < 1.29 is 20.1 Å². The summed E-state index contributed by atoms with van der Waals surface area (Å²) in [5, 5.41) is 29.6. The van der Waals surface area contributed by atoms with E-state index in [0.29, 0.717) is 0 Å². The highest BCUT2D eigenvalue weighted by atomic mass is 16.5. The first-order chi connectivity index (χ1) is 10.4. The SMILES string of the molecule is CC(C)c1cccc2c1nc(N)n2[C@@H]1OC[C@@H](O)[C@@H](O)[C@H]1O. The Balaban J connectivity index is 2.12. The smallest absolute Gasteiger partial charge is 0.203 e. The molecule has 0 aliphatic carbocycles. The van der Waals surface area contributed by atoms with Crippen LogP contribution in [0.3, 0.4) is 0 Å². The van der Waals surface area contributed by atoms with Gasteiger partial charge in [-0.2, -0.15) is 0 Å². The zero-order valence-corrected chi connectivity index (χ0v) is 12.5. The lowest BCUT2D eigenvalue weighted by molar-refractivity contribution is -0.209. The lowest BCUT2D eigenvalue weighted by Crippen LogP contribution is -2.50. The summed E-state index contributed by atoms with van der Waals surface area (Å²) in [7, 11) is 0. The third-order valence-electron chi connectivity index (χ3n) is 4.13. The van der Waals surface area contributed by atoms with E-state index in [0.717, 1.165) is 16.6 Å². The molecular weight excluding hydrogens is 286 g/mol. The number of hydrogen-bond acceptors (Lipinski definition) is 6. The van der Waals surface area contributed by atoms with E-state index >= 15 is 0 Å². The molecular formula is C15H21N3O4. The van der Waals surface area contributed by atoms with E-state index in [9.17, 15) is 15.3 Å². The quantitative estimate of drug-likeness (QED) is 0.637. The topological polar surface area (TPSA) is 114 Å². The molecule has 1 aromatic carbocycles. The molecule has 5 N–H and O–H groups in total. The van der Waals surface area contributed by atoms with Gasteiger partial charge in [-0.25, -0.2) is 4.98 Å². The van der Waals surface area contributed by atoms with Crippen LogP contribution >= 0.6 is 0 Å². The summed E-state index contributed by atoms with van der Waals surface area (Å²) in [6.07, 6.45) is -4.57. The van der Waals surface area contributed by atoms with Gasteiger partial charge in [-0.3, -0.25) is 4.57 Å². The Morgan fingerprint density at radius 2 is 2.00 bits per heavy atom. The largest absolute Gasteiger partial charge is 0.388 e. The first-order valence-electron chi connectivity index (χ1n) is 7.34. The number of benzene rings is 1. The van der Waals surface area contributed by atoms with Crippen LogP contribution in [-0.4, -0.2) is 49.8 Å². The van der Waals surface area contributed by atoms with Gasteiger partial charge in [-0.05, 0) is 17.5 Å². The number of aromatic nitrogens is 2. The van der Waals surface area contributed by atoms with Crippen molar-refractivity contribution in [3.8, 4) is 0 Å². The minimum Gasteiger partial charge on any atom is -0.388 e. The van der Waals surface area contributed by atoms with E-state index in [2.05, 4.69) is 18.8 Å². The fourth-order valence-electron chi connectivity index (χ4n) is 2.91. The summed E-state index contributed by atoms with van der Waals surface area (Å²) < 4.78 is 7.06. The van der Waals surface area contributed by atoms with Gasteiger partial charge in [0.2, 0.25) is 5.95 Å². The third-order valence-corrected chi connectivity index (χ3v) is 4.13. The zero-order valence-electron chi connectivity index (χ0n) is 12.5. The van der Waals surface area contributed by atoms with Crippen LogP contribution in [0.4, 0.5) is 5.95 Å². The second kappa shape index (κ2) is 5.51. The molecule has 22 heavy (non-hydrogen) atoms. The Morgan fingerprint density at radius 1 is 1.27 bits per heavy atom. The molecule has 2 aromatic rings. The Labute approximate surface area is 128 Å². The maximum atomic E-state index is 10.2. The standard InChI is InChI=1S/C15H21N3O4/c1-7(2)8-4-3-5-9-11(8)17-15(16)18(9)14-13(21)12(20)10(19)6-22-14/h3-5,7,10,12-14,19-21H,6H2,1-2H3,(H2,16,17)/t10-,12-,13-,14-/m1/s1. The Morgan fingerprint density at radius 3 is 2.68 bits per heavy atom. The van der Waals surface area contributed by atoms with Crippen molar-refractivity contribution in [3.05, 3.63) is 23.8 Å². The zero-order chi connectivity index (χ0) is 16.0. The fraction of sp³-hybridized carbons (Fsp3) is 0.533. The van der Waals surface area contributed by atoms with Gasteiger partial charge in [0.1, 0.15) is 18.3 Å². The molecule has 1 aromatic heterocycles. The third kappa shape index (κ3) is 2.26. The minimum atomic E-state index is -1.29. The summed E-state index contributed by atoms with van der Waals surface area (Å²) in [5.74, 6) is 0.479. The molecule has 4 atom stereocenters. The number of hydrogen-bond donors (Lipinski definition) is 4. The van der Waals surface area contributed by atoms with Gasteiger partial charge in [0.25, 0.3) is 0 Å². The van der Waals surface area contributed by atoms with Gasteiger partial charge in [0, 0.05) is 0 Å². The maximum Gasteiger partial charge on any atom is 0.203 e. The lowest BCUT2D eigenvalue weighted by atomic mass is 10.0.